The average Bonchev–Trinajstić information content (AvgIpc) is 2.48. The van der Waals surface area contributed by atoms with Crippen molar-refractivity contribution in [2.75, 3.05) is 46.3 Å². The van der Waals surface area contributed by atoms with Gasteiger partial charge >= 0.3 is 0 Å². The van der Waals surface area contributed by atoms with Gasteiger partial charge in [0.2, 0.25) is 0 Å². The summed E-state index contributed by atoms with van der Waals surface area (Å²) in [6.45, 7) is 8.30. The van der Waals surface area contributed by atoms with E-state index in [9.17, 15) is 9.90 Å². The number of phenolic OH excluding ortho intramolecular Hbond substituents is 1. The minimum atomic E-state index is -0.0831. The SMILES string of the molecule is C[C@H](CNC(=O)c1ccc(O)cc1)CN1CCN(C)CC1. The van der Waals surface area contributed by atoms with Crippen LogP contribution in [0.2, 0.25) is 0 Å². The number of phenols is 1. The van der Waals surface area contributed by atoms with Crippen LogP contribution in [0.15, 0.2) is 24.3 Å². The fraction of sp³-hybridized carbons (Fsp3) is 0.562. The Hall–Kier alpha value is -1.59. The highest BCUT2D eigenvalue weighted by atomic mass is 16.3. The molecule has 1 saturated heterocycles. The van der Waals surface area contributed by atoms with Crippen LogP contribution in [-0.4, -0.2) is 67.1 Å². The van der Waals surface area contributed by atoms with Gasteiger partial charge in [-0.05, 0) is 37.2 Å². The topological polar surface area (TPSA) is 55.8 Å². The number of nitrogens with one attached hydrogen (secondary N) is 1. The molecular formula is C16H25N3O2. The molecule has 116 valence electrons. The minimum absolute atomic E-state index is 0.0831. The third-order valence-corrected chi connectivity index (χ3v) is 3.91. The number of aromatic hydroxyl groups is 1. The Labute approximate surface area is 126 Å². The van der Waals surface area contributed by atoms with Gasteiger partial charge in [0.15, 0.2) is 0 Å². The Morgan fingerprint density at radius 3 is 2.48 bits per heavy atom. The number of amides is 1. The summed E-state index contributed by atoms with van der Waals surface area (Å²) in [5.41, 5.74) is 0.583. The quantitative estimate of drug-likeness (QED) is 0.850. The van der Waals surface area contributed by atoms with E-state index in [1.807, 2.05) is 0 Å². The molecule has 0 aromatic heterocycles. The standard InChI is InChI=1S/C16H25N3O2/c1-13(12-19-9-7-18(2)8-10-19)11-17-16(21)14-3-5-15(20)6-4-14/h3-6,13,20H,7-12H2,1-2H3,(H,17,21)/t13-/m1/s1. The van der Waals surface area contributed by atoms with E-state index < -0.39 is 0 Å². The number of piperazine rings is 1. The van der Waals surface area contributed by atoms with Crippen molar-refractivity contribution in [3.05, 3.63) is 29.8 Å². The van der Waals surface area contributed by atoms with Crippen molar-refractivity contribution in [2.24, 2.45) is 5.92 Å². The normalized spacial score (nSPS) is 18.4. The number of carbonyl (C=O) groups excluding carboxylic acids is 1. The van der Waals surface area contributed by atoms with E-state index in [-0.39, 0.29) is 11.7 Å². The lowest BCUT2D eigenvalue weighted by Gasteiger charge is -2.33. The molecule has 1 aliphatic rings. The van der Waals surface area contributed by atoms with E-state index in [0.717, 1.165) is 32.7 Å². The highest BCUT2D eigenvalue weighted by molar-refractivity contribution is 5.94. The number of hydrogen-bond acceptors (Lipinski definition) is 4. The average molecular weight is 291 g/mol. The van der Waals surface area contributed by atoms with Gasteiger partial charge in [0.05, 0.1) is 0 Å². The first-order valence-electron chi connectivity index (χ1n) is 7.52. The molecule has 1 aromatic carbocycles. The predicted molar refractivity (Wildman–Crippen MR) is 83.5 cm³/mol. The zero-order valence-corrected chi connectivity index (χ0v) is 12.9. The summed E-state index contributed by atoms with van der Waals surface area (Å²) < 4.78 is 0. The number of carbonyl (C=O) groups is 1. The van der Waals surface area contributed by atoms with Crippen molar-refractivity contribution in [1.82, 2.24) is 15.1 Å². The molecule has 0 bridgehead atoms. The maximum absolute atomic E-state index is 12.0. The lowest BCUT2D eigenvalue weighted by Crippen LogP contribution is -2.46. The number of benzene rings is 1. The van der Waals surface area contributed by atoms with Crippen LogP contribution >= 0.6 is 0 Å². The molecule has 0 radical (unpaired) electrons. The van der Waals surface area contributed by atoms with Crippen LogP contribution in [0.25, 0.3) is 0 Å². The Morgan fingerprint density at radius 2 is 1.86 bits per heavy atom. The molecule has 1 aliphatic heterocycles. The summed E-state index contributed by atoms with van der Waals surface area (Å²) in [5, 5.41) is 12.2. The van der Waals surface area contributed by atoms with Crippen LogP contribution < -0.4 is 5.32 Å². The molecule has 1 aromatic rings. The zero-order chi connectivity index (χ0) is 15.2. The Bertz CT molecular complexity index is 453. The van der Waals surface area contributed by atoms with Gasteiger partial charge in [0, 0.05) is 44.8 Å². The van der Waals surface area contributed by atoms with Crippen molar-refractivity contribution < 1.29 is 9.90 Å². The van der Waals surface area contributed by atoms with E-state index in [4.69, 9.17) is 0 Å². The highest BCUT2D eigenvalue weighted by Crippen LogP contribution is 2.09. The molecular weight excluding hydrogens is 266 g/mol. The summed E-state index contributed by atoms with van der Waals surface area (Å²) in [5.74, 6) is 0.518. The van der Waals surface area contributed by atoms with Crippen molar-refractivity contribution in [2.45, 2.75) is 6.92 Å². The van der Waals surface area contributed by atoms with Crippen LogP contribution in [0.5, 0.6) is 5.75 Å². The molecule has 0 aliphatic carbocycles. The molecule has 1 heterocycles. The second kappa shape index (κ2) is 7.43. The van der Waals surface area contributed by atoms with E-state index in [1.165, 1.54) is 12.1 Å². The Balaban J connectivity index is 1.72. The molecule has 0 saturated carbocycles. The van der Waals surface area contributed by atoms with Crippen LogP contribution in [0, 0.1) is 5.92 Å². The van der Waals surface area contributed by atoms with E-state index in [1.54, 1.807) is 12.1 Å². The van der Waals surface area contributed by atoms with Gasteiger partial charge in [-0.3, -0.25) is 4.79 Å². The maximum Gasteiger partial charge on any atom is 0.251 e. The number of nitrogens with zero attached hydrogens (tertiary/aromatic N) is 2. The smallest absolute Gasteiger partial charge is 0.251 e. The summed E-state index contributed by atoms with van der Waals surface area (Å²) in [6.07, 6.45) is 0. The van der Waals surface area contributed by atoms with Crippen LogP contribution in [0.1, 0.15) is 17.3 Å². The monoisotopic (exact) mass is 291 g/mol. The fourth-order valence-electron chi connectivity index (χ4n) is 2.52. The lowest BCUT2D eigenvalue weighted by atomic mass is 10.1. The van der Waals surface area contributed by atoms with Gasteiger partial charge in [0.25, 0.3) is 5.91 Å². The summed E-state index contributed by atoms with van der Waals surface area (Å²) >= 11 is 0. The van der Waals surface area contributed by atoms with Crippen LogP contribution in [0.3, 0.4) is 0 Å². The molecule has 5 nitrogen and oxygen atoms in total. The van der Waals surface area contributed by atoms with Gasteiger partial charge in [-0.25, -0.2) is 0 Å². The first-order chi connectivity index (χ1) is 10.0. The Kier molecular flexibility index (Phi) is 5.59. The molecule has 1 fully saturated rings. The first-order valence-corrected chi connectivity index (χ1v) is 7.52. The van der Waals surface area contributed by atoms with E-state index in [0.29, 0.717) is 18.0 Å². The second-order valence-corrected chi connectivity index (χ2v) is 5.97. The highest BCUT2D eigenvalue weighted by Gasteiger charge is 2.16. The molecule has 1 atom stereocenters. The predicted octanol–water partition coefficient (Wildman–Crippen LogP) is 1.01. The van der Waals surface area contributed by atoms with Crippen LogP contribution in [0.4, 0.5) is 0 Å². The van der Waals surface area contributed by atoms with Crippen molar-refractivity contribution in [1.29, 1.82) is 0 Å². The van der Waals surface area contributed by atoms with Gasteiger partial charge in [-0.2, -0.15) is 0 Å². The number of hydrogen-bond donors (Lipinski definition) is 2. The molecule has 0 spiro atoms. The Morgan fingerprint density at radius 1 is 1.24 bits per heavy atom. The number of rotatable bonds is 5. The second-order valence-electron chi connectivity index (χ2n) is 5.97. The summed E-state index contributed by atoms with van der Waals surface area (Å²) in [4.78, 5) is 16.8. The third-order valence-electron chi connectivity index (χ3n) is 3.91. The van der Waals surface area contributed by atoms with Crippen LogP contribution in [-0.2, 0) is 0 Å². The summed E-state index contributed by atoms with van der Waals surface area (Å²) in [7, 11) is 2.15. The van der Waals surface area contributed by atoms with Gasteiger partial charge in [-0.15, -0.1) is 0 Å². The van der Waals surface area contributed by atoms with E-state index in [2.05, 4.69) is 29.1 Å². The molecule has 5 heteroatoms. The molecule has 2 N–H and O–H groups in total. The molecule has 2 rings (SSSR count). The molecule has 21 heavy (non-hydrogen) atoms. The minimum Gasteiger partial charge on any atom is -0.508 e. The lowest BCUT2D eigenvalue weighted by molar-refractivity contribution is 0.0937. The van der Waals surface area contributed by atoms with Crippen molar-refractivity contribution >= 4 is 5.91 Å². The van der Waals surface area contributed by atoms with Crippen molar-refractivity contribution in [3.8, 4) is 5.75 Å². The van der Waals surface area contributed by atoms with Gasteiger partial charge in [-0.1, -0.05) is 6.92 Å². The largest absolute Gasteiger partial charge is 0.508 e. The van der Waals surface area contributed by atoms with E-state index >= 15 is 0 Å². The third kappa shape index (κ3) is 5.02. The summed E-state index contributed by atoms with van der Waals surface area (Å²) in [6, 6.07) is 6.33. The van der Waals surface area contributed by atoms with Gasteiger partial charge < -0.3 is 20.2 Å². The van der Waals surface area contributed by atoms with Gasteiger partial charge in [0.1, 0.15) is 5.75 Å². The maximum atomic E-state index is 12.0. The zero-order valence-electron chi connectivity index (χ0n) is 12.9. The molecule has 0 unspecified atom stereocenters. The first kappa shape index (κ1) is 15.8. The fourth-order valence-corrected chi connectivity index (χ4v) is 2.52. The van der Waals surface area contributed by atoms with Crippen molar-refractivity contribution in [3.63, 3.8) is 0 Å². The number of likely N-dealkylation sites (N-methyl/N-ethyl adjacent to an activating group) is 1. The molecule has 1 amide bonds.